The van der Waals surface area contributed by atoms with Crippen LogP contribution in [-0.2, 0) is 0 Å². The van der Waals surface area contributed by atoms with Crippen LogP contribution in [0.25, 0.3) is 16.9 Å². The third kappa shape index (κ3) is 2.65. The summed E-state index contributed by atoms with van der Waals surface area (Å²) in [6, 6.07) is 8.85. The number of rotatable bonds is 4. The second-order valence-electron chi connectivity index (χ2n) is 6.79. The summed E-state index contributed by atoms with van der Waals surface area (Å²) in [7, 11) is 1.58. The smallest absolute Gasteiger partial charge is 0.232 e. The molecule has 28 heavy (non-hydrogen) atoms. The minimum atomic E-state index is -0.228. The normalized spacial score (nSPS) is 11.1. The first-order valence-electron chi connectivity index (χ1n) is 8.87. The Morgan fingerprint density at radius 1 is 1.18 bits per heavy atom. The maximum absolute atomic E-state index is 13.5. The Morgan fingerprint density at radius 3 is 2.64 bits per heavy atom. The van der Waals surface area contributed by atoms with Crippen LogP contribution < -0.4 is 4.74 Å². The fraction of sp³-hybridized carbons (Fsp3) is 0.182. The summed E-state index contributed by atoms with van der Waals surface area (Å²) < 4.78 is 12.8. The van der Waals surface area contributed by atoms with Crippen molar-refractivity contribution in [3.8, 4) is 17.4 Å². The first kappa shape index (κ1) is 17.9. The van der Waals surface area contributed by atoms with Gasteiger partial charge in [-0.15, -0.1) is 0 Å². The number of ether oxygens (including phenoxy) is 1. The molecular weight excluding hydrogens is 356 g/mol. The van der Waals surface area contributed by atoms with E-state index in [4.69, 9.17) is 9.15 Å². The SMILES string of the molecule is COc1cc(C(=O)c2c(-n3cccn3)oc3c(O)c(C)ccc23)cc(C)c1C. The van der Waals surface area contributed by atoms with Crippen LogP contribution in [0.2, 0.25) is 0 Å². The Balaban J connectivity index is 2.00. The number of carbonyl (C=O) groups is 1. The number of hydrogen-bond donors (Lipinski definition) is 1. The van der Waals surface area contributed by atoms with Gasteiger partial charge in [-0.05, 0) is 61.7 Å². The molecule has 0 saturated carbocycles. The lowest BCUT2D eigenvalue weighted by molar-refractivity contribution is 0.103. The summed E-state index contributed by atoms with van der Waals surface area (Å²) in [5.41, 5.74) is 3.70. The second-order valence-corrected chi connectivity index (χ2v) is 6.79. The zero-order valence-electron chi connectivity index (χ0n) is 16.1. The average Bonchev–Trinajstić information content (AvgIpc) is 3.34. The number of ketones is 1. The van der Waals surface area contributed by atoms with Gasteiger partial charge in [0.1, 0.15) is 5.75 Å². The molecule has 2 aromatic heterocycles. The first-order chi connectivity index (χ1) is 13.4. The third-order valence-corrected chi connectivity index (χ3v) is 5.06. The average molecular weight is 376 g/mol. The summed E-state index contributed by atoms with van der Waals surface area (Å²) in [4.78, 5) is 13.5. The summed E-state index contributed by atoms with van der Waals surface area (Å²) in [6.07, 6.45) is 3.30. The van der Waals surface area contributed by atoms with Crippen molar-refractivity contribution in [1.82, 2.24) is 9.78 Å². The molecule has 0 aliphatic heterocycles. The Bertz CT molecular complexity index is 1200. The lowest BCUT2D eigenvalue weighted by Gasteiger charge is -2.11. The van der Waals surface area contributed by atoms with Crippen LogP contribution in [0, 0.1) is 20.8 Å². The van der Waals surface area contributed by atoms with E-state index in [0.717, 1.165) is 11.1 Å². The molecule has 1 N–H and O–H groups in total. The van der Waals surface area contributed by atoms with Gasteiger partial charge in [-0.3, -0.25) is 4.79 Å². The van der Waals surface area contributed by atoms with Gasteiger partial charge in [0.05, 0.1) is 12.7 Å². The highest BCUT2D eigenvalue weighted by atomic mass is 16.5. The number of aromatic nitrogens is 2. The van der Waals surface area contributed by atoms with Crippen molar-refractivity contribution in [3.63, 3.8) is 0 Å². The lowest BCUT2D eigenvalue weighted by atomic mass is 9.97. The Labute approximate surface area is 162 Å². The molecule has 142 valence electrons. The number of phenolic OH excluding ortho intramolecular Hbond substituents is 1. The Morgan fingerprint density at radius 2 is 1.96 bits per heavy atom. The van der Waals surface area contributed by atoms with E-state index >= 15 is 0 Å². The largest absolute Gasteiger partial charge is 0.504 e. The van der Waals surface area contributed by atoms with Crippen LogP contribution in [-0.4, -0.2) is 27.8 Å². The first-order valence-corrected chi connectivity index (χ1v) is 8.87. The molecule has 6 heteroatoms. The molecule has 6 nitrogen and oxygen atoms in total. The maximum Gasteiger partial charge on any atom is 0.232 e. The van der Waals surface area contributed by atoms with E-state index in [2.05, 4.69) is 5.10 Å². The number of aromatic hydroxyl groups is 1. The van der Waals surface area contributed by atoms with E-state index < -0.39 is 0 Å². The molecule has 4 rings (SSSR count). The minimum Gasteiger partial charge on any atom is -0.504 e. The van der Waals surface area contributed by atoms with Gasteiger partial charge in [-0.2, -0.15) is 5.10 Å². The zero-order valence-corrected chi connectivity index (χ0v) is 16.1. The van der Waals surface area contributed by atoms with E-state index in [-0.39, 0.29) is 23.0 Å². The number of carbonyl (C=O) groups excluding carboxylic acids is 1. The van der Waals surface area contributed by atoms with Crippen molar-refractivity contribution in [2.45, 2.75) is 20.8 Å². The molecule has 2 heterocycles. The van der Waals surface area contributed by atoms with Crippen molar-refractivity contribution >= 4 is 16.8 Å². The minimum absolute atomic E-state index is 0.0163. The summed E-state index contributed by atoms with van der Waals surface area (Å²) >= 11 is 0. The molecule has 0 unspecified atom stereocenters. The number of aryl methyl sites for hydroxylation is 2. The van der Waals surface area contributed by atoms with Crippen LogP contribution in [0.4, 0.5) is 0 Å². The van der Waals surface area contributed by atoms with Gasteiger partial charge in [0.25, 0.3) is 0 Å². The van der Waals surface area contributed by atoms with Crippen molar-refractivity contribution < 1.29 is 19.1 Å². The molecule has 4 aromatic rings. The Hall–Kier alpha value is -3.54. The predicted molar refractivity (Wildman–Crippen MR) is 106 cm³/mol. The molecule has 2 aromatic carbocycles. The van der Waals surface area contributed by atoms with Crippen LogP contribution in [0.3, 0.4) is 0 Å². The zero-order chi connectivity index (χ0) is 20.0. The van der Waals surface area contributed by atoms with Crippen LogP contribution in [0.5, 0.6) is 11.5 Å². The molecule has 0 radical (unpaired) electrons. The van der Waals surface area contributed by atoms with Crippen LogP contribution >= 0.6 is 0 Å². The Kier molecular flexibility index (Phi) is 4.19. The van der Waals surface area contributed by atoms with Gasteiger partial charge in [0.2, 0.25) is 5.88 Å². The van der Waals surface area contributed by atoms with Crippen LogP contribution in [0.1, 0.15) is 32.6 Å². The van der Waals surface area contributed by atoms with Gasteiger partial charge in [0.15, 0.2) is 17.1 Å². The molecule has 0 saturated heterocycles. The van der Waals surface area contributed by atoms with Gasteiger partial charge in [0, 0.05) is 23.3 Å². The van der Waals surface area contributed by atoms with Crippen molar-refractivity contribution in [1.29, 1.82) is 0 Å². The summed E-state index contributed by atoms with van der Waals surface area (Å²) in [5, 5.41) is 15.2. The molecular formula is C22H20N2O4. The number of benzene rings is 2. The molecule has 0 spiro atoms. The monoisotopic (exact) mass is 376 g/mol. The van der Waals surface area contributed by atoms with Crippen molar-refractivity contribution in [3.05, 3.63) is 70.5 Å². The third-order valence-electron chi connectivity index (χ3n) is 5.06. The standard InChI is InChI=1S/C22H20N2O4/c1-12-6-7-16-18(20(26)15-10-13(2)14(3)17(11-15)27-4)22(24-9-5-8-23-24)28-21(16)19(12)25/h5-11,25H,1-4H3. The highest BCUT2D eigenvalue weighted by molar-refractivity contribution is 6.19. The lowest BCUT2D eigenvalue weighted by Crippen LogP contribution is -2.07. The summed E-state index contributed by atoms with van der Waals surface area (Å²) in [6.45, 7) is 5.66. The van der Waals surface area contributed by atoms with Gasteiger partial charge < -0.3 is 14.3 Å². The second kappa shape index (κ2) is 6.56. The van der Waals surface area contributed by atoms with E-state index in [1.165, 1.54) is 4.68 Å². The highest BCUT2D eigenvalue weighted by Crippen LogP contribution is 2.37. The van der Waals surface area contributed by atoms with Gasteiger partial charge in [-0.1, -0.05) is 6.07 Å². The molecule has 0 aliphatic carbocycles. The molecule has 0 atom stereocenters. The number of methoxy groups -OCH3 is 1. The quantitative estimate of drug-likeness (QED) is 0.531. The van der Waals surface area contributed by atoms with E-state index in [0.29, 0.717) is 27.8 Å². The number of hydrogen-bond acceptors (Lipinski definition) is 5. The van der Waals surface area contributed by atoms with E-state index in [1.54, 1.807) is 50.7 Å². The van der Waals surface area contributed by atoms with Crippen LogP contribution in [0.15, 0.2) is 47.1 Å². The molecule has 0 bridgehead atoms. The topological polar surface area (TPSA) is 77.5 Å². The van der Waals surface area contributed by atoms with Crippen molar-refractivity contribution in [2.75, 3.05) is 7.11 Å². The maximum atomic E-state index is 13.5. The van der Waals surface area contributed by atoms with E-state index in [9.17, 15) is 9.90 Å². The fourth-order valence-corrected chi connectivity index (χ4v) is 3.32. The number of furan rings is 1. The van der Waals surface area contributed by atoms with Gasteiger partial charge >= 0.3 is 0 Å². The molecule has 0 fully saturated rings. The van der Waals surface area contributed by atoms with E-state index in [1.807, 2.05) is 19.9 Å². The highest BCUT2D eigenvalue weighted by Gasteiger charge is 2.26. The van der Waals surface area contributed by atoms with Gasteiger partial charge in [-0.25, -0.2) is 4.68 Å². The molecule has 0 aliphatic rings. The number of fused-ring (bicyclic) bond motifs is 1. The number of nitrogens with zero attached hydrogens (tertiary/aromatic N) is 2. The fourth-order valence-electron chi connectivity index (χ4n) is 3.32. The molecule has 0 amide bonds. The summed E-state index contributed by atoms with van der Waals surface area (Å²) in [5.74, 6) is 0.704. The number of phenols is 1. The van der Waals surface area contributed by atoms with Crippen molar-refractivity contribution in [2.24, 2.45) is 0 Å². The predicted octanol–water partition coefficient (Wildman–Crippen LogP) is 4.49.